The first-order valence-electron chi connectivity index (χ1n) is 8.82. The van der Waals surface area contributed by atoms with Crippen molar-refractivity contribution >= 4 is 44.9 Å². The number of nitrogens with zero attached hydrogens (tertiary/aromatic N) is 1. The summed E-state index contributed by atoms with van der Waals surface area (Å²) in [4.78, 5) is 17.9. The molecule has 0 bridgehead atoms. The minimum absolute atomic E-state index is 0.0453. The van der Waals surface area contributed by atoms with Crippen molar-refractivity contribution < 1.29 is 9.18 Å². The number of nitrogens with one attached hydrogen (secondary N) is 1. The van der Waals surface area contributed by atoms with Crippen molar-refractivity contribution in [2.75, 3.05) is 11.1 Å². The maximum Gasteiger partial charge on any atom is 0.225 e. The van der Waals surface area contributed by atoms with E-state index in [9.17, 15) is 9.18 Å². The van der Waals surface area contributed by atoms with Crippen LogP contribution >= 0.6 is 23.1 Å². The monoisotopic (exact) mass is 408 g/mol. The Hall–Kier alpha value is -2.70. The zero-order valence-corrected chi connectivity index (χ0v) is 16.5. The number of hydrogen-bond donors (Lipinski definition) is 1. The molecule has 0 saturated carbocycles. The predicted octanol–water partition coefficient (Wildman–Crippen LogP) is 6.22. The first kappa shape index (κ1) is 18.7. The van der Waals surface area contributed by atoms with Gasteiger partial charge in [-0.3, -0.25) is 4.79 Å². The molecular formula is C22H17FN2OS2. The number of carbonyl (C=O) groups is 1. The van der Waals surface area contributed by atoms with E-state index in [0.717, 1.165) is 31.4 Å². The second-order valence-electron chi connectivity index (χ2n) is 6.17. The van der Waals surface area contributed by atoms with Crippen LogP contribution in [-0.2, 0) is 4.79 Å². The SMILES string of the molecule is O=C(CCSc1ccc(F)cc1)Nc1cccc(-c2nc3ccccc3s2)c1. The van der Waals surface area contributed by atoms with Crippen LogP contribution in [0.15, 0.2) is 77.7 Å². The van der Waals surface area contributed by atoms with Gasteiger partial charge in [0.15, 0.2) is 0 Å². The Kier molecular flexibility index (Phi) is 5.69. The Morgan fingerprint density at radius 1 is 1.04 bits per heavy atom. The maximum absolute atomic E-state index is 12.9. The van der Waals surface area contributed by atoms with Crippen LogP contribution in [-0.4, -0.2) is 16.6 Å². The molecule has 0 spiro atoms. The fraction of sp³-hybridized carbons (Fsp3) is 0.0909. The molecule has 0 saturated heterocycles. The van der Waals surface area contributed by atoms with Crippen molar-refractivity contribution in [2.45, 2.75) is 11.3 Å². The molecule has 0 radical (unpaired) electrons. The van der Waals surface area contributed by atoms with Crippen molar-refractivity contribution in [1.82, 2.24) is 4.98 Å². The van der Waals surface area contributed by atoms with Crippen LogP contribution in [0.25, 0.3) is 20.8 Å². The number of hydrogen-bond acceptors (Lipinski definition) is 4. The molecule has 3 aromatic carbocycles. The van der Waals surface area contributed by atoms with Crippen LogP contribution < -0.4 is 5.32 Å². The van der Waals surface area contributed by atoms with E-state index >= 15 is 0 Å². The summed E-state index contributed by atoms with van der Waals surface area (Å²) in [5, 5.41) is 3.88. The summed E-state index contributed by atoms with van der Waals surface area (Å²) in [6.45, 7) is 0. The van der Waals surface area contributed by atoms with Crippen LogP contribution in [0.2, 0.25) is 0 Å². The molecule has 28 heavy (non-hydrogen) atoms. The van der Waals surface area contributed by atoms with Crippen LogP contribution in [0, 0.1) is 5.82 Å². The number of anilines is 1. The summed E-state index contributed by atoms with van der Waals surface area (Å²) in [7, 11) is 0. The highest BCUT2D eigenvalue weighted by molar-refractivity contribution is 7.99. The third-order valence-electron chi connectivity index (χ3n) is 4.10. The Labute approximate surface area is 170 Å². The molecule has 4 rings (SSSR count). The van der Waals surface area contributed by atoms with Gasteiger partial charge in [0.1, 0.15) is 10.8 Å². The Morgan fingerprint density at radius 3 is 2.68 bits per heavy atom. The van der Waals surface area contributed by atoms with Crippen molar-refractivity contribution in [3.63, 3.8) is 0 Å². The number of para-hydroxylation sites is 1. The molecule has 1 N–H and O–H groups in total. The molecule has 0 aliphatic rings. The van der Waals surface area contributed by atoms with Gasteiger partial charge in [-0.15, -0.1) is 23.1 Å². The van der Waals surface area contributed by atoms with Gasteiger partial charge in [-0.1, -0.05) is 24.3 Å². The standard InChI is InChI=1S/C22H17FN2OS2/c23-16-8-10-18(11-9-16)27-13-12-21(26)24-17-5-3-4-15(14-17)22-25-19-6-1-2-7-20(19)28-22/h1-11,14H,12-13H2,(H,24,26). The lowest BCUT2D eigenvalue weighted by molar-refractivity contribution is -0.115. The highest BCUT2D eigenvalue weighted by Gasteiger charge is 2.08. The van der Waals surface area contributed by atoms with Gasteiger partial charge in [0.05, 0.1) is 10.2 Å². The van der Waals surface area contributed by atoms with Crippen molar-refractivity contribution in [3.05, 3.63) is 78.6 Å². The highest BCUT2D eigenvalue weighted by Crippen LogP contribution is 2.31. The number of benzene rings is 3. The highest BCUT2D eigenvalue weighted by atomic mass is 32.2. The smallest absolute Gasteiger partial charge is 0.225 e. The zero-order valence-electron chi connectivity index (χ0n) is 14.9. The first-order valence-corrected chi connectivity index (χ1v) is 10.6. The lowest BCUT2D eigenvalue weighted by atomic mass is 10.2. The Morgan fingerprint density at radius 2 is 1.86 bits per heavy atom. The molecule has 4 aromatic rings. The van der Waals surface area contributed by atoms with Gasteiger partial charge in [-0.25, -0.2) is 9.37 Å². The third kappa shape index (κ3) is 4.58. The van der Waals surface area contributed by atoms with E-state index in [0.29, 0.717) is 12.2 Å². The molecule has 0 atom stereocenters. The minimum Gasteiger partial charge on any atom is -0.326 e. The number of thioether (sulfide) groups is 1. The van der Waals surface area contributed by atoms with Gasteiger partial charge in [-0.2, -0.15) is 0 Å². The molecule has 6 heteroatoms. The van der Waals surface area contributed by atoms with E-state index in [4.69, 9.17) is 0 Å². The molecule has 0 aliphatic carbocycles. The van der Waals surface area contributed by atoms with E-state index in [-0.39, 0.29) is 11.7 Å². The fourth-order valence-electron chi connectivity index (χ4n) is 2.74. The Bertz CT molecular complexity index is 1080. The Balaban J connectivity index is 1.37. The van der Waals surface area contributed by atoms with Gasteiger partial charge < -0.3 is 5.32 Å². The average Bonchev–Trinajstić information content (AvgIpc) is 3.14. The van der Waals surface area contributed by atoms with Gasteiger partial charge in [-0.05, 0) is 48.5 Å². The maximum atomic E-state index is 12.9. The molecule has 0 aliphatic heterocycles. The molecule has 0 fully saturated rings. The number of aromatic nitrogens is 1. The lowest BCUT2D eigenvalue weighted by Crippen LogP contribution is -2.12. The van der Waals surface area contributed by atoms with Crippen molar-refractivity contribution in [1.29, 1.82) is 0 Å². The number of amides is 1. The molecule has 0 unspecified atom stereocenters. The van der Waals surface area contributed by atoms with E-state index in [2.05, 4.69) is 16.4 Å². The predicted molar refractivity (Wildman–Crippen MR) is 115 cm³/mol. The first-order chi connectivity index (χ1) is 13.7. The lowest BCUT2D eigenvalue weighted by Gasteiger charge is -2.07. The van der Waals surface area contributed by atoms with Gasteiger partial charge in [0, 0.05) is 28.3 Å². The van der Waals surface area contributed by atoms with Crippen LogP contribution in [0.1, 0.15) is 6.42 Å². The molecule has 1 heterocycles. The summed E-state index contributed by atoms with van der Waals surface area (Å²) in [5.41, 5.74) is 2.72. The third-order valence-corrected chi connectivity index (χ3v) is 6.20. The zero-order chi connectivity index (χ0) is 19.3. The number of halogens is 1. The summed E-state index contributed by atoms with van der Waals surface area (Å²) in [6.07, 6.45) is 0.382. The number of thiazole rings is 1. The summed E-state index contributed by atoms with van der Waals surface area (Å²) < 4.78 is 14.1. The van der Waals surface area contributed by atoms with Gasteiger partial charge in [0.25, 0.3) is 0 Å². The molecule has 3 nitrogen and oxygen atoms in total. The largest absolute Gasteiger partial charge is 0.326 e. The van der Waals surface area contributed by atoms with Crippen LogP contribution in [0.5, 0.6) is 0 Å². The summed E-state index contributed by atoms with van der Waals surface area (Å²) in [6, 6.07) is 22.1. The molecular weight excluding hydrogens is 391 g/mol. The normalized spacial score (nSPS) is 10.9. The van der Waals surface area contributed by atoms with Crippen molar-refractivity contribution in [2.24, 2.45) is 0 Å². The fourth-order valence-corrected chi connectivity index (χ4v) is 4.56. The van der Waals surface area contributed by atoms with Gasteiger partial charge >= 0.3 is 0 Å². The van der Waals surface area contributed by atoms with Crippen molar-refractivity contribution in [3.8, 4) is 10.6 Å². The molecule has 140 valence electrons. The van der Waals surface area contributed by atoms with Gasteiger partial charge in [0.2, 0.25) is 5.91 Å². The molecule has 1 amide bonds. The van der Waals surface area contributed by atoms with Crippen LogP contribution in [0.3, 0.4) is 0 Å². The van der Waals surface area contributed by atoms with Crippen LogP contribution in [0.4, 0.5) is 10.1 Å². The number of carbonyl (C=O) groups excluding carboxylic acids is 1. The quantitative estimate of drug-likeness (QED) is 0.385. The number of fused-ring (bicyclic) bond motifs is 1. The van der Waals surface area contributed by atoms with E-state index < -0.39 is 0 Å². The minimum atomic E-state index is -0.255. The second kappa shape index (κ2) is 8.54. The summed E-state index contributed by atoms with van der Waals surface area (Å²) in [5.74, 6) is 0.334. The van der Waals surface area contributed by atoms with E-state index in [1.807, 2.05) is 42.5 Å². The number of rotatable bonds is 6. The van der Waals surface area contributed by atoms with E-state index in [1.54, 1.807) is 23.5 Å². The molecule has 1 aromatic heterocycles. The van der Waals surface area contributed by atoms with E-state index in [1.165, 1.54) is 23.9 Å². The average molecular weight is 409 g/mol. The topological polar surface area (TPSA) is 42.0 Å². The summed E-state index contributed by atoms with van der Waals surface area (Å²) >= 11 is 3.17. The second-order valence-corrected chi connectivity index (χ2v) is 8.37.